The van der Waals surface area contributed by atoms with E-state index >= 15 is 0 Å². The number of hydrogen-bond donors (Lipinski definition) is 0. The Balaban J connectivity index is 1.39. The third-order valence-corrected chi connectivity index (χ3v) is 6.85. The predicted octanol–water partition coefficient (Wildman–Crippen LogP) is 1.31. The van der Waals surface area contributed by atoms with Crippen molar-refractivity contribution < 1.29 is 4.79 Å². The Hall–Kier alpha value is -1.73. The molecule has 4 rings (SSSR count). The minimum absolute atomic E-state index is 0.0872. The van der Waals surface area contributed by atoms with Crippen LogP contribution >= 0.6 is 0 Å². The molecule has 2 saturated heterocycles. The van der Waals surface area contributed by atoms with Crippen LogP contribution in [-0.2, 0) is 17.8 Å². The minimum atomic E-state index is 0.0872. The van der Waals surface area contributed by atoms with Gasteiger partial charge in [0, 0.05) is 64.2 Å². The van der Waals surface area contributed by atoms with Crippen molar-refractivity contribution in [3.8, 4) is 0 Å². The van der Waals surface area contributed by atoms with Crippen molar-refractivity contribution >= 4 is 5.91 Å². The van der Waals surface area contributed by atoms with Crippen LogP contribution in [0.1, 0.15) is 56.5 Å². The van der Waals surface area contributed by atoms with Gasteiger partial charge in [-0.05, 0) is 32.2 Å². The Morgan fingerprint density at radius 2 is 1.83 bits per heavy atom. The Bertz CT molecular complexity index is 769. The van der Waals surface area contributed by atoms with Crippen LogP contribution in [0.4, 0.5) is 0 Å². The van der Waals surface area contributed by atoms with Crippen molar-refractivity contribution in [1.82, 2.24) is 24.3 Å². The molecule has 0 radical (unpaired) electrons. The fourth-order valence-electron chi connectivity index (χ4n) is 4.94. The number of piperidine rings is 1. The smallest absolute Gasteiger partial charge is 0.253 e. The molecule has 7 heteroatoms. The second kappa shape index (κ2) is 9.39. The number of nitrogens with zero attached hydrogens (tertiary/aromatic N) is 5. The van der Waals surface area contributed by atoms with Crippen LogP contribution in [-0.4, -0.2) is 82.5 Å². The van der Waals surface area contributed by atoms with Crippen LogP contribution in [0.2, 0.25) is 0 Å². The first-order valence-corrected chi connectivity index (χ1v) is 11.5. The van der Waals surface area contributed by atoms with E-state index in [2.05, 4.69) is 16.7 Å². The summed E-state index contributed by atoms with van der Waals surface area (Å²) in [4.78, 5) is 37.2. The van der Waals surface area contributed by atoms with Gasteiger partial charge in [0.1, 0.15) is 5.82 Å². The summed E-state index contributed by atoms with van der Waals surface area (Å²) >= 11 is 0. The van der Waals surface area contributed by atoms with E-state index in [4.69, 9.17) is 4.98 Å². The van der Waals surface area contributed by atoms with Gasteiger partial charge in [0.25, 0.3) is 5.56 Å². The van der Waals surface area contributed by atoms with E-state index in [1.165, 1.54) is 0 Å². The molecular formula is C22H35N5O2. The number of likely N-dealkylation sites (N-methyl/N-ethyl adjacent to an activating group) is 1. The Kier molecular flexibility index (Phi) is 6.65. The molecule has 1 aromatic rings. The van der Waals surface area contributed by atoms with Gasteiger partial charge in [0.05, 0.1) is 12.2 Å². The molecule has 0 saturated carbocycles. The highest BCUT2D eigenvalue weighted by atomic mass is 16.2. The maximum Gasteiger partial charge on any atom is 0.253 e. The third kappa shape index (κ3) is 4.89. The zero-order valence-corrected chi connectivity index (χ0v) is 17.8. The zero-order chi connectivity index (χ0) is 20.2. The standard InChI is InChI=1S/C22H35N5O2/c1-2-24-11-13-25(14-12-24)17-22(29)26-9-6-7-18(16-26)19-15-21(28)27-10-5-3-4-8-20(27)23-19/h15,18H,2-14,16-17H2,1H3. The number of hydrogen-bond acceptors (Lipinski definition) is 5. The topological polar surface area (TPSA) is 61.7 Å². The summed E-state index contributed by atoms with van der Waals surface area (Å²) in [6, 6.07) is 1.73. The average molecular weight is 402 g/mol. The summed E-state index contributed by atoms with van der Waals surface area (Å²) in [5, 5.41) is 0. The molecule has 0 spiro atoms. The lowest BCUT2D eigenvalue weighted by Crippen LogP contribution is -2.51. The van der Waals surface area contributed by atoms with Gasteiger partial charge in [-0.3, -0.25) is 19.1 Å². The molecule has 0 bridgehead atoms. The van der Waals surface area contributed by atoms with Crippen LogP contribution in [0.5, 0.6) is 0 Å². The third-order valence-electron chi connectivity index (χ3n) is 6.85. The van der Waals surface area contributed by atoms with E-state index in [0.29, 0.717) is 13.1 Å². The lowest BCUT2D eigenvalue weighted by molar-refractivity contribution is -0.134. The Morgan fingerprint density at radius 3 is 2.62 bits per heavy atom. The van der Waals surface area contributed by atoms with Gasteiger partial charge in [-0.2, -0.15) is 0 Å². The number of amides is 1. The molecule has 3 aliphatic heterocycles. The summed E-state index contributed by atoms with van der Waals surface area (Å²) in [5.41, 5.74) is 0.987. The minimum Gasteiger partial charge on any atom is -0.341 e. The molecule has 1 unspecified atom stereocenters. The van der Waals surface area contributed by atoms with E-state index in [9.17, 15) is 9.59 Å². The lowest BCUT2D eigenvalue weighted by atomic mass is 9.94. The monoisotopic (exact) mass is 401 g/mol. The first-order chi connectivity index (χ1) is 14.1. The van der Waals surface area contributed by atoms with Gasteiger partial charge in [0.2, 0.25) is 5.91 Å². The highest BCUT2D eigenvalue weighted by molar-refractivity contribution is 5.78. The van der Waals surface area contributed by atoms with E-state index in [0.717, 1.165) is 95.9 Å². The summed E-state index contributed by atoms with van der Waals surface area (Å²) in [5.74, 6) is 1.36. The number of carbonyl (C=O) groups excluding carboxylic acids is 1. The van der Waals surface area contributed by atoms with Crippen molar-refractivity contribution in [3.63, 3.8) is 0 Å². The maximum absolute atomic E-state index is 12.9. The normalized spacial score (nSPS) is 24.2. The lowest BCUT2D eigenvalue weighted by Gasteiger charge is -2.37. The van der Waals surface area contributed by atoms with Crippen molar-refractivity contribution in [3.05, 3.63) is 27.9 Å². The van der Waals surface area contributed by atoms with E-state index < -0.39 is 0 Å². The summed E-state index contributed by atoms with van der Waals surface area (Å²) in [6.45, 7) is 10.2. The summed E-state index contributed by atoms with van der Waals surface area (Å²) in [6.07, 6.45) is 6.22. The number of fused-ring (bicyclic) bond motifs is 1. The SMILES string of the molecule is CCN1CCN(CC(=O)N2CCCC(c3cc(=O)n4c(n3)CCCCC4)C2)CC1. The number of piperazine rings is 1. The molecule has 1 aromatic heterocycles. The first kappa shape index (κ1) is 20.5. The molecule has 0 aliphatic carbocycles. The largest absolute Gasteiger partial charge is 0.341 e. The van der Waals surface area contributed by atoms with Crippen LogP contribution < -0.4 is 5.56 Å². The Labute approximate surface area is 173 Å². The van der Waals surface area contributed by atoms with Gasteiger partial charge >= 0.3 is 0 Å². The number of aryl methyl sites for hydroxylation is 1. The fraction of sp³-hybridized carbons (Fsp3) is 0.773. The second-order valence-electron chi connectivity index (χ2n) is 8.79. The fourth-order valence-corrected chi connectivity index (χ4v) is 4.94. The molecule has 4 heterocycles. The van der Waals surface area contributed by atoms with Gasteiger partial charge in [-0.15, -0.1) is 0 Å². The van der Waals surface area contributed by atoms with Gasteiger partial charge in [0.15, 0.2) is 0 Å². The number of aromatic nitrogens is 2. The molecule has 0 aromatic carbocycles. The summed E-state index contributed by atoms with van der Waals surface area (Å²) < 4.78 is 1.86. The molecule has 0 N–H and O–H groups in total. The predicted molar refractivity (Wildman–Crippen MR) is 113 cm³/mol. The van der Waals surface area contributed by atoms with E-state index in [-0.39, 0.29) is 17.4 Å². The van der Waals surface area contributed by atoms with E-state index in [1.807, 2.05) is 9.47 Å². The van der Waals surface area contributed by atoms with Crippen LogP contribution in [0.15, 0.2) is 10.9 Å². The van der Waals surface area contributed by atoms with Gasteiger partial charge < -0.3 is 9.80 Å². The van der Waals surface area contributed by atoms with Crippen molar-refractivity contribution in [2.24, 2.45) is 0 Å². The molecule has 160 valence electrons. The highest BCUT2D eigenvalue weighted by Gasteiger charge is 2.28. The average Bonchev–Trinajstić information content (AvgIpc) is 3.00. The van der Waals surface area contributed by atoms with Crippen molar-refractivity contribution in [2.45, 2.75) is 57.9 Å². The number of likely N-dealkylation sites (tertiary alicyclic amines) is 1. The number of carbonyl (C=O) groups is 1. The van der Waals surface area contributed by atoms with Crippen LogP contribution in [0.25, 0.3) is 0 Å². The summed E-state index contributed by atoms with van der Waals surface area (Å²) in [7, 11) is 0. The van der Waals surface area contributed by atoms with Crippen molar-refractivity contribution in [2.75, 3.05) is 52.4 Å². The molecule has 1 atom stereocenters. The molecule has 1 amide bonds. The molecular weight excluding hydrogens is 366 g/mol. The highest BCUT2D eigenvalue weighted by Crippen LogP contribution is 2.26. The van der Waals surface area contributed by atoms with Gasteiger partial charge in [-0.1, -0.05) is 13.3 Å². The maximum atomic E-state index is 12.9. The van der Waals surface area contributed by atoms with Crippen LogP contribution in [0.3, 0.4) is 0 Å². The van der Waals surface area contributed by atoms with Crippen molar-refractivity contribution in [1.29, 1.82) is 0 Å². The van der Waals surface area contributed by atoms with E-state index in [1.54, 1.807) is 6.07 Å². The molecule has 2 fully saturated rings. The Morgan fingerprint density at radius 1 is 1.03 bits per heavy atom. The number of rotatable bonds is 4. The zero-order valence-electron chi connectivity index (χ0n) is 17.8. The molecule has 7 nitrogen and oxygen atoms in total. The van der Waals surface area contributed by atoms with Gasteiger partial charge in [-0.25, -0.2) is 4.98 Å². The van der Waals surface area contributed by atoms with Crippen LogP contribution in [0, 0.1) is 0 Å². The molecule has 29 heavy (non-hydrogen) atoms. The quantitative estimate of drug-likeness (QED) is 0.761. The molecule has 3 aliphatic rings. The second-order valence-corrected chi connectivity index (χ2v) is 8.79. The first-order valence-electron chi connectivity index (χ1n) is 11.5.